The van der Waals surface area contributed by atoms with Gasteiger partial charge in [-0.2, -0.15) is 8.42 Å². The Balaban J connectivity index is 2.02. The van der Waals surface area contributed by atoms with Crippen LogP contribution < -0.4 is 5.73 Å². The van der Waals surface area contributed by atoms with E-state index in [1.54, 1.807) is 0 Å². The Morgan fingerprint density at radius 3 is 2.87 bits per heavy atom. The summed E-state index contributed by atoms with van der Waals surface area (Å²) in [4.78, 5) is 14.9. The monoisotopic (exact) mass is 345 g/mol. The van der Waals surface area contributed by atoms with Gasteiger partial charge in [-0.15, -0.1) is 0 Å². The lowest BCUT2D eigenvalue weighted by atomic mass is 10.1. The number of aromatic amines is 1. The normalized spacial score (nSPS) is 28.5. The Kier molecular flexibility index (Phi) is 3.93. The molecule has 1 saturated heterocycles. The molecule has 0 spiro atoms. The second-order valence-electron chi connectivity index (χ2n) is 5.10. The molecule has 0 aromatic carbocycles. The Morgan fingerprint density at radius 1 is 1.48 bits per heavy atom. The molecule has 12 heteroatoms. The quantitative estimate of drug-likeness (QED) is 0.457. The van der Waals surface area contributed by atoms with E-state index in [0.717, 1.165) is 6.26 Å². The fourth-order valence-corrected chi connectivity index (χ4v) is 3.02. The van der Waals surface area contributed by atoms with Gasteiger partial charge in [-0.05, 0) is 0 Å². The Hall–Kier alpha value is -1.86. The molecule has 3 heterocycles. The molecule has 0 unspecified atom stereocenters. The Bertz CT molecular complexity index is 823. The van der Waals surface area contributed by atoms with Gasteiger partial charge in [0.05, 0.1) is 19.2 Å². The van der Waals surface area contributed by atoms with Crippen molar-refractivity contribution in [1.29, 1.82) is 0 Å². The summed E-state index contributed by atoms with van der Waals surface area (Å²) >= 11 is 0. The molecule has 0 radical (unpaired) electrons. The molecule has 1 aliphatic heterocycles. The molecular formula is C11H15N5O6S. The zero-order valence-electron chi connectivity index (χ0n) is 11.9. The van der Waals surface area contributed by atoms with Crippen LogP contribution in [0.3, 0.4) is 0 Å². The van der Waals surface area contributed by atoms with Crippen LogP contribution in [-0.2, 0) is 19.0 Å². The second-order valence-corrected chi connectivity index (χ2v) is 6.70. The summed E-state index contributed by atoms with van der Waals surface area (Å²) in [5, 5.41) is 19.3. The van der Waals surface area contributed by atoms with Crippen molar-refractivity contribution in [2.45, 2.75) is 24.4 Å². The van der Waals surface area contributed by atoms with Crippen LogP contribution in [-0.4, -0.2) is 69.7 Å². The minimum absolute atomic E-state index is 0.00532. The standard InChI is InChI=1S/C11H15N5O6S/c1-23(19,20)22-7-6(18)4(2-17)21-8(7)11-15-9(12)5-10(16-11)14-3-13-5/h3-4,6-8,17-18H,2H2,1H3,(H3,12,13,14,15,16)/t4-,6+,7-,8-/m1/s1. The predicted molar refractivity (Wildman–Crippen MR) is 76.5 cm³/mol. The molecule has 0 bridgehead atoms. The summed E-state index contributed by atoms with van der Waals surface area (Å²) in [5.74, 6) is 0.0943. The number of hydrogen-bond donors (Lipinski definition) is 4. The SMILES string of the molecule is CS(=O)(=O)O[C@@H]1[C@@H](O)[C@@H](CO)O[C@H]1c1nc(N)c2[nH]cnc2n1. The van der Waals surface area contributed by atoms with Gasteiger partial charge in [0.15, 0.2) is 17.3 Å². The molecule has 5 N–H and O–H groups in total. The van der Waals surface area contributed by atoms with E-state index in [1.807, 2.05) is 0 Å². The number of imidazole rings is 1. The van der Waals surface area contributed by atoms with E-state index in [0.29, 0.717) is 5.52 Å². The predicted octanol–water partition coefficient (Wildman–Crippen LogP) is -1.93. The van der Waals surface area contributed by atoms with E-state index in [1.165, 1.54) is 6.33 Å². The number of H-pyrrole nitrogens is 1. The highest BCUT2D eigenvalue weighted by atomic mass is 32.2. The summed E-state index contributed by atoms with van der Waals surface area (Å²) in [6.45, 7) is -0.526. The molecule has 126 valence electrons. The van der Waals surface area contributed by atoms with Gasteiger partial charge < -0.3 is 25.7 Å². The summed E-state index contributed by atoms with van der Waals surface area (Å²) in [6, 6.07) is 0. The van der Waals surface area contributed by atoms with Crippen LogP contribution in [0, 0.1) is 0 Å². The van der Waals surface area contributed by atoms with Gasteiger partial charge in [0.1, 0.15) is 29.9 Å². The summed E-state index contributed by atoms with van der Waals surface area (Å²) in [6.07, 6.45) is -2.62. The molecule has 23 heavy (non-hydrogen) atoms. The third-order valence-corrected chi connectivity index (χ3v) is 3.96. The fraction of sp³-hybridized carbons (Fsp3) is 0.545. The number of rotatable bonds is 4. The lowest BCUT2D eigenvalue weighted by molar-refractivity contribution is -0.0249. The second kappa shape index (κ2) is 5.65. The first kappa shape index (κ1) is 16.0. The first-order valence-electron chi connectivity index (χ1n) is 6.59. The molecule has 0 aliphatic carbocycles. The Morgan fingerprint density at radius 2 is 2.22 bits per heavy atom. The lowest BCUT2D eigenvalue weighted by Gasteiger charge is -2.18. The summed E-state index contributed by atoms with van der Waals surface area (Å²) < 4.78 is 33.1. The van der Waals surface area contributed by atoms with Gasteiger partial charge in [0.2, 0.25) is 0 Å². The van der Waals surface area contributed by atoms with Gasteiger partial charge in [0, 0.05) is 0 Å². The van der Waals surface area contributed by atoms with E-state index in [-0.39, 0.29) is 17.3 Å². The number of nitrogen functional groups attached to an aromatic ring is 1. The van der Waals surface area contributed by atoms with Crippen LogP contribution in [0.5, 0.6) is 0 Å². The molecule has 4 atom stereocenters. The largest absolute Gasteiger partial charge is 0.394 e. The van der Waals surface area contributed by atoms with E-state index < -0.39 is 41.1 Å². The zero-order valence-corrected chi connectivity index (χ0v) is 12.8. The summed E-state index contributed by atoms with van der Waals surface area (Å²) in [5.41, 5.74) is 6.48. The average Bonchev–Trinajstić information content (AvgIpc) is 3.04. The van der Waals surface area contributed by atoms with Crippen molar-refractivity contribution in [3.05, 3.63) is 12.2 Å². The molecule has 1 fully saturated rings. The van der Waals surface area contributed by atoms with Crippen LogP contribution in [0.4, 0.5) is 5.82 Å². The van der Waals surface area contributed by atoms with Crippen molar-refractivity contribution in [1.82, 2.24) is 19.9 Å². The van der Waals surface area contributed by atoms with Crippen molar-refractivity contribution in [2.24, 2.45) is 0 Å². The zero-order chi connectivity index (χ0) is 16.8. The number of anilines is 1. The first-order valence-corrected chi connectivity index (χ1v) is 8.41. The van der Waals surface area contributed by atoms with Crippen LogP contribution >= 0.6 is 0 Å². The van der Waals surface area contributed by atoms with Crippen molar-refractivity contribution in [2.75, 3.05) is 18.6 Å². The highest BCUT2D eigenvalue weighted by Gasteiger charge is 2.48. The average molecular weight is 345 g/mol. The van der Waals surface area contributed by atoms with Crippen molar-refractivity contribution in [3.63, 3.8) is 0 Å². The number of fused-ring (bicyclic) bond motifs is 1. The van der Waals surface area contributed by atoms with Gasteiger partial charge in [0.25, 0.3) is 10.1 Å². The summed E-state index contributed by atoms with van der Waals surface area (Å²) in [7, 11) is -3.89. The van der Waals surface area contributed by atoms with Gasteiger partial charge >= 0.3 is 0 Å². The maximum Gasteiger partial charge on any atom is 0.264 e. The molecule has 1 aliphatic rings. The number of aromatic nitrogens is 4. The smallest absolute Gasteiger partial charge is 0.264 e. The number of hydrogen-bond acceptors (Lipinski definition) is 10. The van der Waals surface area contributed by atoms with E-state index in [9.17, 15) is 18.6 Å². The number of nitrogens with one attached hydrogen (secondary N) is 1. The third-order valence-electron chi connectivity index (χ3n) is 3.39. The molecule has 2 aromatic heterocycles. The van der Waals surface area contributed by atoms with E-state index in [4.69, 9.17) is 14.7 Å². The minimum Gasteiger partial charge on any atom is -0.394 e. The third kappa shape index (κ3) is 2.98. The molecular weight excluding hydrogens is 330 g/mol. The lowest BCUT2D eigenvalue weighted by Crippen LogP contribution is -2.36. The Labute approximate surface area is 130 Å². The van der Waals surface area contributed by atoms with E-state index in [2.05, 4.69) is 19.9 Å². The number of aliphatic hydroxyl groups excluding tert-OH is 2. The first-order chi connectivity index (χ1) is 10.8. The molecule has 3 rings (SSSR count). The molecule has 2 aromatic rings. The highest BCUT2D eigenvalue weighted by Crippen LogP contribution is 2.35. The molecule has 0 saturated carbocycles. The topological polar surface area (TPSA) is 174 Å². The minimum atomic E-state index is -3.89. The molecule has 11 nitrogen and oxygen atoms in total. The van der Waals surface area contributed by atoms with Crippen LogP contribution in [0.15, 0.2) is 6.33 Å². The number of aliphatic hydroxyl groups is 2. The van der Waals surface area contributed by atoms with Gasteiger partial charge in [-0.1, -0.05) is 0 Å². The van der Waals surface area contributed by atoms with Crippen molar-refractivity contribution in [3.8, 4) is 0 Å². The molecule has 0 amide bonds. The fourth-order valence-electron chi connectivity index (χ4n) is 2.41. The van der Waals surface area contributed by atoms with Crippen LogP contribution in [0.2, 0.25) is 0 Å². The number of nitrogens with two attached hydrogens (primary N) is 1. The van der Waals surface area contributed by atoms with Crippen LogP contribution in [0.25, 0.3) is 11.2 Å². The highest BCUT2D eigenvalue weighted by molar-refractivity contribution is 7.86. The van der Waals surface area contributed by atoms with Crippen LogP contribution in [0.1, 0.15) is 11.9 Å². The van der Waals surface area contributed by atoms with Crippen molar-refractivity contribution >= 4 is 27.1 Å². The van der Waals surface area contributed by atoms with Gasteiger partial charge in [-0.25, -0.2) is 15.0 Å². The maximum atomic E-state index is 11.4. The number of nitrogens with zero attached hydrogens (tertiary/aromatic N) is 3. The van der Waals surface area contributed by atoms with Gasteiger partial charge in [-0.3, -0.25) is 4.18 Å². The van der Waals surface area contributed by atoms with E-state index >= 15 is 0 Å². The van der Waals surface area contributed by atoms with Crippen molar-refractivity contribution < 1.29 is 27.6 Å². The maximum absolute atomic E-state index is 11.4. The number of ether oxygens (including phenoxy) is 1.